The number of allylic oxidation sites excluding steroid dienone is 2. The highest BCUT2D eigenvalue weighted by atomic mass is 16.2. The normalized spacial score (nSPS) is 19.7. The first kappa shape index (κ1) is 27.5. The Bertz CT molecular complexity index is 1010. The lowest BCUT2D eigenvalue weighted by Gasteiger charge is -2.38. The van der Waals surface area contributed by atoms with E-state index in [2.05, 4.69) is 52.7 Å². The van der Waals surface area contributed by atoms with E-state index in [1.54, 1.807) is 11.0 Å². The highest BCUT2D eigenvalue weighted by Gasteiger charge is 2.32. The summed E-state index contributed by atoms with van der Waals surface area (Å²) in [5.41, 5.74) is 9.17. The molecule has 2 fully saturated rings. The van der Waals surface area contributed by atoms with Crippen molar-refractivity contribution in [3.8, 4) is 0 Å². The molecule has 2 aliphatic rings. The van der Waals surface area contributed by atoms with Crippen molar-refractivity contribution in [2.24, 2.45) is 0 Å². The van der Waals surface area contributed by atoms with Crippen LogP contribution in [-0.4, -0.2) is 76.3 Å². The molecule has 196 valence electrons. The second-order valence-electron chi connectivity index (χ2n) is 9.82. The van der Waals surface area contributed by atoms with Crippen LogP contribution >= 0.6 is 0 Å². The number of aryl methyl sites for hydroxylation is 1. The highest BCUT2D eigenvalue weighted by molar-refractivity contribution is 6.39. The Hall–Kier alpha value is -3.13. The number of anilines is 2. The van der Waals surface area contributed by atoms with Crippen LogP contribution < -0.4 is 11.1 Å². The molecule has 0 radical (unpaired) electrons. The van der Waals surface area contributed by atoms with Crippen LogP contribution in [0.3, 0.4) is 0 Å². The van der Waals surface area contributed by atoms with Gasteiger partial charge < -0.3 is 20.9 Å². The van der Waals surface area contributed by atoms with Crippen LogP contribution in [0.5, 0.6) is 0 Å². The number of likely N-dealkylation sites (tertiary alicyclic amines) is 1. The molecule has 2 amide bonds. The van der Waals surface area contributed by atoms with Crippen molar-refractivity contribution in [2.75, 3.05) is 43.8 Å². The first-order chi connectivity index (χ1) is 17.2. The molecule has 3 rings (SSSR count). The number of nitrogen functional groups attached to an aromatic ring is 1. The van der Waals surface area contributed by atoms with E-state index in [1.165, 1.54) is 6.20 Å². The Labute approximate surface area is 215 Å². The van der Waals surface area contributed by atoms with Crippen molar-refractivity contribution < 1.29 is 9.59 Å². The third-order valence-corrected chi connectivity index (χ3v) is 7.20. The molecule has 2 aliphatic heterocycles. The summed E-state index contributed by atoms with van der Waals surface area (Å²) in [6.45, 7) is 17.4. The monoisotopic (exact) mass is 494 g/mol. The average Bonchev–Trinajstić information content (AvgIpc) is 2.89. The number of carbonyl (C=O) groups is 2. The topological polar surface area (TPSA) is 94.8 Å². The summed E-state index contributed by atoms with van der Waals surface area (Å²) < 4.78 is 0. The number of carbonyl (C=O) groups excluding carboxylic acids is 2. The fourth-order valence-corrected chi connectivity index (χ4v) is 4.93. The van der Waals surface area contributed by atoms with Gasteiger partial charge in [-0.25, -0.2) is 4.98 Å². The molecule has 0 aromatic carbocycles. The number of piperidine rings is 1. The number of hydrogen-bond acceptors (Lipinski definition) is 6. The van der Waals surface area contributed by atoms with Crippen LogP contribution in [0.15, 0.2) is 48.3 Å². The maximum absolute atomic E-state index is 13.1. The van der Waals surface area contributed by atoms with Gasteiger partial charge in [-0.15, -0.1) is 0 Å². The van der Waals surface area contributed by atoms with E-state index in [0.717, 1.165) is 62.3 Å². The summed E-state index contributed by atoms with van der Waals surface area (Å²) in [5.74, 6) is -0.770. The van der Waals surface area contributed by atoms with E-state index in [1.807, 2.05) is 19.9 Å². The minimum atomic E-state index is -0.663. The summed E-state index contributed by atoms with van der Waals surface area (Å²) in [6.07, 6.45) is 11.1. The van der Waals surface area contributed by atoms with Crippen LogP contribution in [0.2, 0.25) is 0 Å². The first-order valence-electron chi connectivity index (χ1n) is 13.1. The van der Waals surface area contributed by atoms with Gasteiger partial charge in [-0.3, -0.25) is 14.5 Å². The van der Waals surface area contributed by atoms with Crippen LogP contribution in [0.4, 0.5) is 11.5 Å². The Balaban J connectivity index is 1.64. The Morgan fingerprint density at radius 3 is 2.56 bits per heavy atom. The molecule has 0 spiro atoms. The number of piperazine rings is 1. The number of aromatic nitrogens is 1. The molecule has 0 aliphatic carbocycles. The Morgan fingerprint density at radius 2 is 1.92 bits per heavy atom. The number of nitrogens with one attached hydrogen (secondary N) is 1. The molecule has 8 heteroatoms. The molecule has 8 nitrogen and oxygen atoms in total. The smallest absolute Gasteiger partial charge is 0.313 e. The number of nitrogens with two attached hydrogens (primary N) is 1. The predicted molar refractivity (Wildman–Crippen MR) is 146 cm³/mol. The van der Waals surface area contributed by atoms with E-state index >= 15 is 0 Å². The third kappa shape index (κ3) is 6.75. The van der Waals surface area contributed by atoms with Crippen LogP contribution in [0.25, 0.3) is 0 Å². The molecule has 36 heavy (non-hydrogen) atoms. The molecule has 1 aromatic rings. The molecule has 0 unspecified atom stereocenters. The number of rotatable bonds is 7. The minimum absolute atomic E-state index is 0.195. The Kier molecular flexibility index (Phi) is 9.70. The van der Waals surface area contributed by atoms with Gasteiger partial charge in [0.1, 0.15) is 5.82 Å². The summed E-state index contributed by atoms with van der Waals surface area (Å²) >= 11 is 0. The summed E-state index contributed by atoms with van der Waals surface area (Å²) in [4.78, 5) is 36.6. The fraction of sp³-hybridized carbons (Fsp3) is 0.536. The number of amides is 2. The van der Waals surface area contributed by atoms with Gasteiger partial charge in [-0.2, -0.15) is 0 Å². The molecule has 3 heterocycles. The molecule has 2 saturated heterocycles. The van der Waals surface area contributed by atoms with Gasteiger partial charge in [0, 0.05) is 44.5 Å². The van der Waals surface area contributed by atoms with E-state index in [0.29, 0.717) is 30.5 Å². The maximum atomic E-state index is 13.1. The molecular formula is C28H42N6O2. The molecule has 0 bridgehead atoms. The van der Waals surface area contributed by atoms with Gasteiger partial charge in [0.15, 0.2) is 0 Å². The summed E-state index contributed by atoms with van der Waals surface area (Å²) in [6, 6.07) is 2.14. The van der Waals surface area contributed by atoms with E-state index in [9.17, 15) is 9.59 Å². The van der Waals surface area contributed by atoms with Gasteiger partial charge in [0.05, 0.1) is 17.9 Å². The lowest BCUT2D eigenvalue weighted by Crippen LogP contribution is -2.49. The van der Waals surface area contributed by atoms with Crippen molar-refractivity contribution >= 4 is 23.3 Å². The standard InChI is InChI=1S/C28H42N6O2/c1-6-22-18-23(19-30-26(22)29)31-27(35)28(36)34-13-9-8-10-25(34)21(5)11-12-24(7-2)33-16-14-32(15-17-33)20(3)4/h7,11-12,18-20,25H,5-6,8-10,13-17H2,1-4H3,(H2,29,30)(H,31,35)/b12-11-,24-7+/t25-/m0/s1. The summed E-state index contributed by atoms with van der Waals surface area (Å²) in [7, 11) is 0. The summed E-state index contributed by atoms with van der Waals surface area (Å²) in [5, 5.41) is 2.70. The van der Waals surface area contributed by atoms with Gasteiger partial charge in [0.2, 0.25) is 0 Å². The minimum Gasteiger partial charge on any atom is -0.383 e. The molecule has 3 N–H and O–H groups in total. The SMILES string of the molecule is C=C(/C=C\C(=C/C)N1CCN(C(C)C)CC1)[C@@H]1CCCCN1C(=O)C(=O)Nc1cnc(N)c(CC)c1. The van der Waals surface area contributed by atoms with Gasteiger partial charge >= 0.3 is 11.8 Å². The van der Waals surface area contributed by atoms with Crippen molar-refractivity contribution in [3.05, 3.63) is 53.9 Å². The van der Waals surface area contributed by atoms with Crippen LogP contribution in [0.1, 0.15) is 52.5 Å². The molecule has 1 aromatic heterocycles. The van der Waals surface area contributed by atoms with Crippen molar-refractivity contribution in [1.82, 2.24) is 19.7 Å². The van der Waals surface area contributed by atoms with Crippen molar-refractivity contribution in [2.45, 2.75) is 65.5 Å². The van der Waals surface area contributed by atoms with Crippen molar-refractivity contribution in [3.63, 3.8) is 0 Å². The van der Waals surface area contributed by atoms with Crippen LogP contribution in [0, 0.1) is 0 Å². The third-order valence-electron chi connectivity index (χ3n) is 7.20. The number of pyridine rings is 1. The first-order valence-corrected chi connectivity index (χ1v) is 13.1. The fourth-order valence-electron chi connectivity index (χ4n) is 4.93. The van der Waals surface area contributed by atoms with E-state index in [-0.39, 0.29) is 6.04 Å². The Morgan fingerprint density at radius 1 is 1.19 bits per heavy atom. The number of nitrogens with zero attached hydrogens (tertiary/aromatic N) is 4. The average molecular weight is 495 g/mol. The van der Waals surface area contributed by atoms with E-state index < -0.39 is 11.8 Å². The van der Waals surface area contributed by atoms with Crippen LogP contribution in [-0.2, 0) is 16.0 Å². The van der Waals surface area contributed by atoms with Gasteiger partial charge in [-0.1, -0.05) is 25.7 Å². The molecular weight excluding hydrogens is 452 g/mol. The zero-order chi connectivity index (χ0) is 26.2. The largest absolute Gasteiger partial charge is 0.383 e. The zero-order valence-electron chi connectivity index (χ0n) is 22.3. The van der Waals surface area contributed by atoms with Gasteiger partial charge in [0.25, 0.3) is 0 Å². The molecule has 1 atom stereocenters. The maximum Gasteiger partial charge on any atom is 0.313 e. The second kappa shape index (κ2) is 12.7. The lowest BCUT2D eigenvalue weighted by molar-refractivity contribution is -0.145. The predicted octanol–water partition coefficient (Wildman–Crippen LogP) is 3.59. The number of hydrogen-bond donors (Lipinski definition) is 2. The zero-order valence-corrected chi connectivity index (χ0v) is 22.3. The van der Waals surface area contributed by atoms with Crippen molar-refractivity contribution in [1.29, 1.82) is 0 Å². The molecule has 0 saturated carbocycles. The quantitative estimate of drug-likeness (QED) is 0.444. The highest BCUT2D eigenvalue weighted by Crippen LogP contribution is 2.25. The second-order valence-corrected chi connectivity index (χ2v) is 9.82. The van der Waals surface area contributed by atoms with Gasteiger partial charge in [-0.05, 0) is 69.7 Å². The van der Waals surface area contributed by atoms with E-state index in [4.69, 9.17) is 5.73 Å². The lowest BCUT2D eigenvalue weighted by atomic mass is 9.95.